The number of amides is 2. The van der Waals surface area contributed by atoms with Crippen LogP contribution >= 0.6 is 0 Å². The summed E-state index contributed by atoms with van der Waals surface area (Å²) in [5.41, 5.74) is 3.56. The second kappa shape index (κ2) is 5.95. The lowest BCUT2D eigenvalue weighted by Crippen LogP contribution is -2.26. The molecule has 23 heavy (non-hydrogen) atoms. The van der Waals surface area contributed by atoms with Gasteiger partial charge in [-0.05, 0) is 17.7 Å². The summed E-state index contributed by atoms with van der Waals surface area (Å²) in [6.07, 6.45) is 0.831. The molecule has 0 bridgehead atoms. The number of fused-ring (bicyclic) bond motifs is 3. The molecule has 3 rings (SSSR count). The SMILES string of the molecule is CNC(=O)c1[nH]c2ccc3c(c2c1[C@@H](C)CNC(C)=O)CCO3. The fourth-order valence-corrected chi connectivity index (χ4v) is 3.21. The largest absolute Gasteiger partial charge is 0.493 e. The van der Waals surface area contributed by atoms with Crippen LogP contribution in [0, 0.1) is 0 Å². The number of benzene rings is 1. The molecule has 2 amide bonds. The second-order valence-corrected chi connectivity index (χ2v) is 5.89. The number of hydrogen-bond acceptors (Lipinski definition) is 3. The molecule has 122 valence electrons. The van der Waals surface area contributed by atoms with Crippen molar-refractivity contribution in [1.82, 2.24) is 15.6 Å². The number of carbonyl (C=O) groups is 2. The predicted octanol–water partition coefficient (Wildman–Crippen LogP) is 1.70. The maximum Gasteiger partial charge on any atom is 0.267 e. The van der Waals surface area contributed by atoms with Crippen molar-refractivity contribution in [3.8, 4) is 5.75 Å². The number of carbonyl (C=O) groups excluding carboxylic acids is 2. The van der Waals surface area contributed by atoms with E-state index in [1.54, 1.807) is 7.05 Å². The fourth-order valence-electron chi connectivity index (χ4n) is 3.21. The summed E-state index contributed by atoms with van der Waals surface area (Å²) in [4.78, 5) is 26.7. The highest BCUT2D eigenvalue weighted by molar-refractivity contribution is 6.03. The molecular weight excluding hydrogens is 294 g/mol. The van der Waals surface area contributed by atoms with E-state index in [1.165, 1.54) is 6.92 Å². The van der Waals surface area contributed by atoms with Gasteiger partial charge < -0.3 is 20.4 Å². The topological polar surface area (TPSA) is 83.2 Å². The van der Waals surface area contributed by atoms with Gasteiger partial charge in [0.1, 0.15) is 11.4 Å². The minimum Gasteiger partial charge on any atom is -0.493 e. The summed E-state index contributed by atoms with van der Waals surface area (Å²) in [6, 6.07) is 3.89. The van der Waals surface area contributed by atoms with Crippen LogP contribution in [0.3, 0.4) is 0 Å². The van der Waals surface area contributed by atoms with Gasteiger partial charge in [-0.1, -0.05) is 6.92 Å². The molecule has 1 aromatic carbocycles. The summed E-state index contributed by atoms with van der Waals surface area (Å²) in [7, 11) is 1.61. The average Bonchev–Trinajstić information content (AvgIpc) is 3.14. The summed E-state index contributed by atoms with van der Waals surface area (Å²) in [5.74, 6) is 0.658. The van der Waals surface area contributed by atoms with E-state index in [4.69, 9.17) is 4.74 Å². The van der Waals surface area contributed by atoms with Gasteiger partial charge in [0.05, 0.1) is 6.61 Å². The lowest BCUT2D eigenvalue weighted by atomic mass is 9.93. The van der Waals surface area contributed by atoms with Crippen LogP contribution in [0.15, 0.2) is 12.1 Å². The fraction of sp³-hybridized carbons (Fsp3) is 0.412. The Kier molecular flexibility index (Phi) is 3.98. The third kappa shape index (κ3) is 2.65. The molecule has 1 aliphatic rings. The van der Waals surface area contributed by atoms with Gasteiger partial charge in [-0.25, -0.2) is 0 Å². The first-order valence-corrected chi connectivity index (χ1v) is 7.79. The molecule has 0 aliphatic carbocycles. The van der Waals surface area contributed by atoms with Crippen molar-refractivity contribution in [1.29, 1.82) is 0 Å². The zero-order chi connectivity index (χ0) is 16.6. The highest BCUT2D eigenvalue weighted by atomic mass is 16.5. The van der Waals surface area contributed by atoms with E-state index in [1.807, 2.05) is 19.1 Å². The van der Waals surface area contributed by atoms with E-state index < -0.39 is 0 Å². The average molecular weight is 315 g/mol. The quantitative estimate of drug-likeness (QED) is 0.803. The number of ether oxygens (including phenoxy) is 1. The summed E-state index contributed by atoms with van der Waals surface area (Å²) < 4.78 is 5.65. The van der Waals surface area contributed by atoms with Crippen LogP contribution in [-0.2, 0) is 11.2 Å². The number of aromatic amines is 1. The summed E-state index contributed by atoms with van der Waals surface area (Å²) in [6.45, 7) is 4.65. The van der Waals surface area contributed by atoms with Gasteiger partial charge >= 0.3 is 0 Å². The lowest BCUT2D eigenvalue weighted by molar-refractivity contribution is -0.119. The highest BCUT2D eigenvalue weighted by Crippen LogP contribution is 2.38. The van der Waals surface area contributed by atoms with Crippen molar-refractivity contribution in [2.75, 3.05) is 20.2 Å². The zero-order valence-electron chi connectivity index (χ0n) is 13.6. The van der Waals surface area contributed by atoms with Crippen LogP contribution in [0.5, 0.6) is 5.75 Å². The maximum atomic E-state index is 12.3. The third-order valence-electron chi connectivity index (χ3n) is 4.28. The number of nitrogens with one attached hydrogen (secondary N) is 3. The Bertz CT molecular complexity index is 779. The Morgan fingerprint density at radius 1 is 1.39 bits per heavy atom. The Hall–Kier alpha value is -2.50. The highest BCUT2D eigenvalue weighted by Gasteiger charge is 2.26. The molecule has 0 fully saturated rings. The first kappa shape index (κ1) is 15.4. The standard InChI is InChI=1S/C17H21N3O3/c1-9(8-19-10(2)21)14-15-11-6-7-23-13(11)5-4-12(15)20-16(14)17(22)18-3/h4-5,9,20H,6-8H2,1-3H3,(H,18,22)(H,19,21)/t9-/m0/s1. The van der Waals surface area contributed by atoms with Crippen molar-refractivity contribution in [3.05, 3.63) is 29.0 Å². The van der Waals surface area contributed by atoms with Gasteiger partial charge in [0.25, 0.3) is 5.91 Å². The summed E-state index contributed by atoms with van der Waals surface area (Å²) >= 11 is 0. The number of H-pyrrole nitrogens is 1. The molecule has 1 aliphatic heterocycles. The molecule has 1 aromatic heterocycles. The number of rotatable bonds is 4. The van der Waals surface area contributed by atoms with Crippen LogP contribution < -0.4 is 15.4 Å². The Balaban J connectivity index is 2.16. The predicted molar refractivity (Wildman–Crippen MR) is 88.0 cm³/mol. The minimum atomic E-state index is -0.154. The van der Waals surface area contributed by atoms with E-state index in [0.717, 1.165) is 34.2 Å². The number of hydrogen-bond donors (Lipinski definition) is 3. The van der Waals surface area contributed by atoms with E-state index in [2.05, 4.69) is 15.6 Å². The zero-order valence-corrected chi connectivity index (χ0v) is 13.6. The van der Waals surface area contributed by atoms with E-state index in [0.29, 0.717) is 18.8 Å². The first-order chi connectivity index (χ1) is 11.0. The molecule has 0 saturated carbocycles. The van der Waals surface area contributed by atoms with E-state index in [9.17, 15) is 9.59 Å². The molecule has 0 spiro atoms. The molecule has 0 unspecified atom stereocenters. The molecular formula is C17H21N3O3. The minimum absolute atomic E-state index is 0.00653. The smallest absolute Gasteiger partial charge is 0.267 e. The van der Waals surface area contributed by atoms with Gasteiger partial charge in [-0.15, -0.1) is 0 Å². The Morgan fingerprint density at radius 2 is 2.17 bits per heavy atom. The second-order valence-electron chi connectivity index (χ2n) is 5.89. The maximum absolute atomic E-state index is 12.3. The van der Waals surface area contributed by atoms with E-state index >= 15 is 0 Å². The Morgan fingerprint density at radius 3 is 2.87 bits per heavy atom. The van der Waals surface area contributed by atoms with Gasteiger partial charge in [0.2, 0.25) is 5.91 Å². The molecule has 0 radical (unpaired) electrons. The molecule has 2 aromatic rings. The van der Waals surface area contributed by atoms with Crippen molar-refractivity contribution in [3.63, 3.8) is 0 Å². The molecule has 2 heterocycles. The third-order valence-corrected chi connectivity index (χ3v) is 4.28. The normalized spacial score (nSPS) is 14.2. The monoisotopic (exact) mass is 315 g/mol. The molecule has 0 saturated heterocycles. The van der Waals surface area contributed by atoms with Crippen LogP contribution in [0.4, 0.5) is 0 Å². The molecule has 3 N–H and O–H groups in total. The summed E-state index contributed by atoms with van der Waals surface area (Å²) in [5, 5.41) is 6.57. The molecule has 1 atom stereocenters. The van der Waals surface area contributed by atoms with Crippen molar-refractivity contribution in [2.24, 2.45) is 0 Å². The number of aromatic nitrogens is 1. The van der Waals surface area contributed by atoms with Crippen molar-refractivity contribution < 1.29 is 14.3 Å². The molecule has 6 heteroatoms. The van der Waals surface area contributed by atoms with Crippen LogP contribution in [-0.4, -0.2) is 37.0 Å². The molecule has 6 nitrogen and oxygen atoms in total. The first-order valence-electron chi connectivity index (χ1n) is 7.79. The van der Waals surface area contributed by atoms with Crippen molar-refractivity contribution in [2.45, 2.75) is 26.2 Å². The van der Waals surface area contributed by atoms with E-state index in [-0.39, 0.29) is 17.7 Å². The van der Waals surface area contributed by atoms with Gasteiger partial charge in [-0.3, -0.25) is 9.59 Å². The van der Waals surface area contributed by atoms with Crippen LogP contribution in [0.25, 0.3) is 10.9 Å². The lowest BCUT2D eigenvalue weighted by Gasteiger charge is -2.14. The van der Waals surface area contributed by atoms with Crippen LogP contribution in [0.2, 0.25) is 0 Å². The van der Waals surface area contributed by atoms with Gasteiger partial charge in [-0.2, -0.15) is 0 Å². The van der Waals surface area contributed by atoms with Gasteiger partial charge in [0.15, 0.2) is 0 Å². The van der Waals surface area contributed by atoms with Gasteiger partial charge in [0, 0.05) is 49.3 Å². The van der Waals surface area contributed by atoms with Crippen LogP contribution in [0.1, 0.15) is 41.4 Å². The van der Waals surface area contributed by atoms with Crippen molar-refractivity contribution >= 4 is 22.7 Å². The Labute approximate surface area is 134 Å².